The van der Waals surface area contributed by atoms with Crippen LogP contribution in [0.5, 0.6) is 0 Å². The Hall–Kier alpha value is -1.06. The van der Waals surface area contributed by atoms with Crippen molar-refractivity contribution in [1.29, 1.82) is 0 Å². The average molecular weight is 259 g/mol. The van der Waals surface area contributed by atoms with Gasteiger partial charge < -0.3 is 0 Å². The number of hydrazone groups is 1. The maximum Gasteiger partial charge on any atom is 0.175 e. The lowest BCUT2D eigenvalue weighted by Gasteiger charge is -2.05. The smallest absolute Gasteiger partial charge is 0.175 e. The molecule has 1 aromatic carbocycles. The van der Waals surface area contributed by atoms with Gasteiger partial charge >= 0.3 is 0 Å². The lowest BCUT2D eigenvalue weighted by Crippen LogP contribution is -2.10. The van der Waals surface area contributed by atoms with E-state index in [2.05, 4.69) is 10.5 Å². The van der Waals surface area contributed by atoms with E-state index >= 15 is 0 Å². The number of nitrogens with one attached hydrogen (secondary N) is 1. The molecule has 0 saturated heterocycles. The molecule has 0 spiro atoms. The quantitative estimate of drug-likeness (QED) is 0.660. The van der Waals surface area contributed by atoms with Crippen LogP contribution in [0.25, 0.3) is 0 Å². The molecule has 0 saturated carbocycles. The van der Waals surface area contributed by atoms with Crippen LogP contribution < -0.4 is 5.43 Å². The van der Waals surface area contributed by atoms with Gasteiger partial charge in [-0.15, -0.1) is 0 Å². The number of halogens is 2. The summed E-state index contributed by atoms with van der Waals surface area (Å²) in [7, 11) is 0. The second-order valence-electron chi connectivity index (χ2n) is 3.20. The van der Waals surface area contributed by atoms with Crippen LogP contribution in [0.4, 0.5) is 5.69 Å². The molecule has 0 amide bonds. The predicted octanol–water partition coefficient (Wildman–Crippen LogP) is 3.76. The van der Waals surface area contributed by atoms with E-state index in [0.29, 0.717) is 27.9 Å². The minimum atomic E-state index is -0.0555. The van der Waals surface area contributed by atoms with E-state index in [1.807, 2.05) is 6.92 Å². The highest BCUT2D eigenvalue weighted by atomic mass is 35.5. The van der Waals surface area contributed by atoms with Gasteiger partial charge in [0.25, 0.3) is 0 Å². The van der Waals surface area contributed by atoms with Crippen LogP contribution in [0.2, 0.25) is 10.0 Å². The maximum atomic E-state index is 11.1. The number of benzene rings is 1. The Balaban J connectivity index is 2.85. The molecule has 0 aromatic heterocycles. The number of anilines is 1. The van der Waals surface area contributed by atoms with E-state index in [1.54, 1.807) is 18.2 Å². The molecule has 0 aliphatic heterocycles. The van der Waals surface area contributed by atoms with Gasteiger partial charge in [0.15, 0.2) is 5.78 Å². The number of carbonyl (C=O) groups excluding carboxylic acids is 1. The van der Waals surface area contributed by atoms with Gasteiger partial charge in [0.2, 0.25) is 0 Å². The Labute approximate surface area is 104 Å². The molecule has 0 fully saturated rings. The number of Topliss-reactive ketones (excluding diaryl/α,β-unsaturated/α-hetero) is 1. The number of carbonyl (C=O) groups is 1. The molecule has 86 valence electrons. The van der Waals surface area contributed by atoms with Crippen molar-refractivity contribution in [3.05, 3.63) is 28.2 Å². The first-order valence-electron chi connectivity index (χ1n) is 4.83. The largest absolute Gasteiger partial charge is 0.293 e. The third-order valence-electron chi connectivity index (χ3n) is 1.98. The standard InChI is InChI=1S/C11H12Cl2N2O/c1-3-10(7(2)16)14-15-11-5-4-8(12)6-9(11)13/h4-6,15H,3H2,1-2H3. The zero-order valence-electron chi connectivity index (χ0n) is 9.05. The summed E-state index contributed by atoms with van der Waals surface area (Å²) in [6, 6.07) is 5.02. The molecule has 5 heteroatoms. The fraction of sp³-hybridized carbons (Fsp3) is 0.273. The Kier molecular flexibility index (Phi) is 4.77. The van der Waals surface area contributed by atoms with Crippen LogP contribution in [0.3, 0.4) is 0 Å². The van der Waals surface area contributed by atoms with Crippen molar-refractivity contribution < 1.29 is 4.79 Å². The summed E-state index contributed by atoms with van der Waals surface area (Å²) in [6.45, 7) is 3.35. The molecule has 0 atom stereocenters. The van der Waals surface area contributed by atoms with Gasteiger partial charge in [-0.2, -0.15) is 5.10 Å². The van der Waals surface area contributed by atoms with Crippen LogP contribution in [-0.2, 0) is 4.79 Å². The Morgan fingerprint density at radius 3 is 2.62 bits per heavy atom. The molecule has 0 unspecified atom stereocenters. The second kappa shape index (κ2) is 5.87. The summed E-state index contributed by atoms with van der Waals surface area (Å²) in [5.74, 6) is -0.0555. The first kappa shape index (κ1) is 13.0. The highest BCUT2D eigenvalue weighted by molar-refractivity contribution is 6.39. The van der Waals surface area contributed by atoms with Gasteiger partial charge in [0.05, 0.1) is 10.7 Å². The van der Waals surface area contributed by atoms with E-state index in [4.69, 9.17) is 23.2 Å². The maximum absolute atomic E-state index is 11.1. The topological polar surface area (TPSA) is 41.5 Å². The molecule has 16 heavy (non-hydrogen) atoms. The van der Waals surface area contributed by atoms with Gasteiger partial charge in [0, 0.05) is 11.9 Å². The number of hydrogen-bond acceptors (Lipinski definition) is 3. The van der Waals surface area contributed by atoms with E-state index in [0.717, 1.165) is 0 Å². The van der Waals surface area contributed by atoms with Gasteiger partial charge in [-0.1, -0.05) is 30.1 Å². The molecule has 0 heterocycles. The van der Waals surface area contributed by atoms with Crippen LogP contribution in [-0.4, -0.2) is 11.5 Å². The third kappa shape index (κ3) is 3.51. The number of ketones is 1. The molecule has 0 bridgehead atoms. The van der Waals surface area contributed by atoms with Crippen molar-refractivity contribution in [2.45, 2.75) is 20.3 Å². The molecule has 0 radical (unpaired) electrons. The fourth-order valence-corrected chi connectivity index (χ4v) is 1.57. The van der Waals surface area contributed by atoms with Crippen molar-refractivity contribution in [1.82, 2.24) is 0 Å². The van der Waals surface area contributed by atoms with E-state index in [1.165, 1.54) is 6.92 Å². The van der Waals surface area contributed by atoms with Gasteiger partial charge in [0.1, 0.15) is 5.71 Å². The van der Waals surface area contributed by atoms with Crippen LogP contribution in [0.1, 0.15) is 20.3 Å². The Morgan fingerprint density at radius 2 is 2.12 bits per heavy atom. The minimum Gasteiger partial charge on any atom is -0.293 e. The highest BCUT2D eigenvalue weighted by Gasteiger charge is 2.04. The molecule has 0 aliphatic carbocycles. The summed E-state index contributed by atoms with van der Waals surface area (Å²) in [5.41, 5.74) is 3.85. The van der Waals surface area contributed by atoms with Crippen molar-refractivity contribution >= 4 is 40.4 Å². The average Bonchev–Trinajstić information content (AvgIpc) is 2.21. The lowest BCUT2D eigenvalue weighted by molar-refractivity contribution is -0.111. The molecule has 3 nitrogen and oxygen atoms in total. The summed E-state index contributed by atoms with van der Waals surface area (Å²) >= 11 is 11.7. The highest BCUT2D eigenvalue weighted by Crippen LogP contribution is 2.25. The molecular weight excluding hydrogens is 247 g/mol. The van der Waals surface area contributed by atoms with Gasteiger partial charge in [-0.3, -0.25) is 10.2 Å². The Bertz CT molecular complexity index is 430. The molecule has 1 N–H and O–H groups in total. The zero-order valence-corrected chi connectivity index (χ0v) is 10.6. The van der Waals surface area contributed by atoms with E-state index < -0.39 is 0 Å². The SMILES string of the molecule is CCC(=NNc1ccc(Cl)cc1Cl)C(C)=O. The number of hydrogen-bond donors (Lipinski definition) is 1. The summed E-state index contributed by atoms with van der Waals surface area (Å²) in [4.78, 5) is 11.1. The monoisotopic (exact) mass is 258 g/mol. The van der Waals surface area contributed by atoms with E-state index in [-0.39, 0.29) is 5.78 Å². The summed E-state index contributed by atoms with van der Waals surface area (Å²) in [6.07, 6.45) is 0.577. The fourth-order valence-electron chi connectivity index (χ4n) is 1.11. The Morgan fingerprint density at radius 1 is 1.44 bits per heavy atom. The predicted molar refractivity (Wildman–Crippen MR) is 68.5 cm³/mol. The molecule has 0 aliphatic rings. The first-order valence-corrected chi connectivity index (χ1v) is 5.58. The minimum absolute atomic E-state index is 0.0555. The second-order valence-corrected chi connectivity index (χ2v) is 4.05. The van der Waals surface area contributed by atoms with Crippen molar-refractivity contribution in [2.75, 3.05) is 5.43 Å². The van der Waals surface area contributed by atoms with E-state index in [9.17, 15) is 4.79 Å². The van der Waals surface area contributed by atoms with Crippen LogP contribution >= 0.6 is 23.2 Å². The molecular formula is C11H12Cl2N2O. The van der Waals surface area contributed by atoms with Crippen LogP contribution in [0, 0.1) is 0 Å². The third-order valence-corrected chi connectivity index (χ3v) is 2.53. The van der Waals surface area contributed by atoms with Gasteiger partial charge in [-0.25, -0.2) is 0 Å². The molecule has 1 aromatic rings. The zero-order chi connectivity index (χ0) is 12.1. The summed E-state index contributed by atoms with van der Waals surface area (Å²) < 4.78 is 0. The first-order chi connectivity index (χ1) is 7.54. The normalized spacial score (nSPS) is 11.4. The van der Waals surface area contributed by atoms with Crippen molar-refractivity contribution in [3.8, 4) is 0 Å². The molecule has 1 rings (SSSR count). The number of rotatable bonds is 4. The lowest BCUT2D eigenvalue weighted by atomic mass is 10.2. The van der Waals surface area contributed by atoms with Crippen LogP contribution in [0.15, 0.2) is 23.3 Å². The van der Waals surface area contributed by atoms with Crippen molar-refractivity contribution in [2.24, 2.45) is 5.10 Å². The number of nitrogens with zero attached hydrogens (tertiary/aromatic N) is 1. The summed E-state index contributed by atoms with van der Waals surface area (Å²) in [5, 5.41) is 5.02. The van der Waals surface area contributed by atoms with Gasteiger partial charge in [-0.05, 0) is 24.6 Å². The van der Waals surface area contributed by atoms with Crippen molar-refractivity contribution in [3.63, 3.8) is 0 Å².